The van der Waals surface area contributed by atoms with E-state index in [0.717, 1.165) is 24.3 Å². The van der Waals surface area contributed by atoms with Crippen molar-refractivity contribution in [2.75, 3.05) is 0 Å². The fraction of sp³-hybridized carbons (Fsp3) is 0.333. The minimum absolute atomic E-state index is 0.103. The van der Waals surface area contributed by atoms with Gasteiger partial charge in [0, 0.05) is 17.6 Å². The van der Waals surface area contributed by atoms with Gasteiger partial charge in [-0.3, -0.25) is 28.8 Å². The van der Waals surface area contributed by atoms with Crippen LogP contribution in [0.25, 0.3) is 12.2 Å². The van der Waals surface area contributed by atoms with Gasteiger partial charge in [0.15, 0.2) is 57.7 Å². The molecule has 0 fully saturated rings. The summed E-state index contributed by atoms with van der Waals surface area (Å²) >= 11 is 0. The van der Waals surface area contributed by atoms with Crippen LogP contribution in [0.15, 0.2) is 120 Å². The van der Waals surface area contributed by atoms with Crippen LogP contribution in [0.4, 0.5) is 0 Å². The van der Waals surface area contributed by atoms with Gasteiger partial charge in [0.2, 0.25) is 0 Å². The lowest BCUT2D eigenvalue weighted by Gasteiger charge is -2.41. The molecule has 0 heterocycles. The monoisotopic (exact) mass is 860 g/mol. The third-order valence-corrected chi connectivity index (χ3v) is 11.8. The molecule has 12 heteroatoms. The fourth-order valence-electron chi connectivity index (χ4n) is 7.98. The number of benzene rings is 2. The maximum Gasteiger partial charge on any atom is 0.180 e. The molecule has 2 aromatic rings. The van der Waals surface area contributed by atoms with E-state index in [0.29, 0.717) is 22.3 Å². The van der Waals surface area contributed by atoms with Gasteiger partial charge in [0.05, 0.1) is 10.8 Å². The Balaban J connectivity index is 2.00. The Morgan fingerprint density at radius 1 is 0.524 bits per heavy atom. The number of rotatable bonds is 20. The Kier molecular flexibility index (Phi) is 15.4. The van der Waals surface area contributed by atoms with E-state index in [1.807, 2.05) is 0 Å². The first-order chi connectivity index (χ1) is 29.5. The van der Waals surface area contributed by atoms with Crippen LogP contribution in [-0.2, 0) is 28.8 Å². The first-order valence-electron chi connectivity index (χ1n) is 20.5. The van der Waals surface area contributed by atoms with Crippen LogP contribution in [0.3, 0.4) is 0 Å². The second-order valence-corrected chi connectivity index (χ2v) is 17.1. The van der Waals surface area contributed by atoms with E-state index >= 15 is 0 Å². The summed E-state index contributed by atoms with van der Waals surface area (Å²) in [5.74, 6) is -13.4. The average Bonchev–Trinajstić information content (AvgIpc) is 3.20. The maximum absolute atomic E-state index is 14.8. The highest BCUT2D eigenvalue weighted by molar-refractivity contribution is 6.33. The first kappa shape index (κ1) is 48.8. The molecule has 332 valence electrons. The van der Waals surface area contributed by atoms with Gasteiger partial charge in [0.25, 0.3) is 0 Å². The number of aliphatic hydroxyl groups is 2. The molecule has 2 atom stereocenters. The van der Waals surface area contributed by atoms with Crippen molar-refractivity contribution < 1.29 is 59.4 Å². The van der Waals surface area contributed by atoms with Crippen LogP contribution in [0.5, 0.6) is 23.0 Å². The number of carbonyl (C=O) groups excluding carboxylic acids is 6. The van der Waals surface area contributed by atoms with E-state index in [1.54, 1.807) is 27.7 Å². The van der Waals surface area contributed by atoms with Crippen molar-refractivity contribution in [3.8, 4) is 23.0 Å². The standard InChI is InChI=1S/C51H56O12/c1-28(2)17-21-50(22-18-29(3)4)46(60)34(44(58)42(48(50)62)38(54)15-11-32-9-13-36(52)40(56)25-32)27-35-45(59)43(39(55)16-12-33-10-14-37(53)41(57)26-33)49(63)51(47(35)61,23-19-30(5)6)24-20-31(7)8/h9-16,25-26,42-43,52-53,56-57,60-61H,1,3,5,7,17-24,27H2,2,4,6,8H3. The number of ketones is 6. The summed E-state index contributed by atoms with van der Waals surface area (Å²) in [7, 11) is 0. The highest BCUT2D eigenvalue weighted by Crippen LogP contribution is 2.51. The summed E-state index contributed by atoms with van der Waals surface area (Å²) in [5, 5.41) is 64.3. The van der Waals surface area contributed by atoms with E-state index in [9.17, 15) is 59.4 Å². The van der Waals surface area contributed by atoms with Crippen molar-refractivity contribution in [1.29, 1.82) is 0 Å². The zero-order chi connectivity index (χ0) is 47.1. The van der Waals surface area contributed by atoms with Crippen LogP contribution in [0.1, 0.15) is 96.6 Å². The van der Waals surface area contributed by atoms with Crippen LogP contribution < -0.4 is 0 Å². The maximum atomic E-state index is 14.8. The number of hydrogen-bond donors (Lipinski definition) is 6. The molecule has 0 amide bonds. The second kappa shape index (κ2) is 19.9. The molecule has 2 unspecified atom stereocenters. The Morgan fingerprint density at radius 2 is 0.825 bits per heavy atom. The molecule has 0 aliphatic heterocycles. The molecule has 12 nitrogen and oxygen atoms in total. The summed E-state index contributed by atoms with van der Waals surface area (Å²) in [6.07, 6.45) is 3.80. The highest BCUT2D eigenvalue weighted by atomic mass is 16.3. The van der Waals surface area contributed by atoms with E-state index < -0.39 is 109 Å². The molecule has 0 radical (unpaired) electrons. The molecule has 2 aliphatic rings. The molecule has 0 saturated heterocycles. The number of allylic oxidation sites excluding steroid dienone is 10. The van der Waals surface area contributed by atoms with E-state index in [-0.39, 0.29) is 62.5 Å². The lowest BCUT2D eigenvalue weighted by Crippen LogP contribution is -2.51. The molecule has 2 aromatic carbocycles. The Morgan fingerprint density at radius 3 is 1.10 bits per heavy atom. The van der Waals surface area contributed by atoms with Crippen LogP contribution in [0.2, 0.25) is 0 Å². The van der Waals surface area contributed by atoms with Crippen LogP contribution in [0, 0.1) is 22.7 Å². The number of aliphatic hydroxyl groups excluding tert-OH is 2. The average molecular weight is 861 g/mol. The van der Waals surface area contributed by atoms with Crippen molar-refractivity contribution in [2.24, 2.45) is 22.7 Å². The number of Topliss-reactive ketones (excluding diaryl/α,β-unsaturated/α-hetero) is 4. The molecule has 0 bridgehead atoms. The second-order valence-electron chi connectivity index (χ2n) is 17.1. The SMILES string of the molecule is C=C(C)CCC1(CCC(=C)C)C(=O)C(C(=O)C=Cc2ccc(O)c(O)c2)C(=O)C(CC2=C(O)C(CCC(=C)C)(CCC(=C)C)C(=O)C(C(=O)C=Cc3ccc(O)c(O)c3)C2=O)=C1O. The summed E-state index contributed by atoms with van der Waals surface area (Å²) in [6.45, 7) is 22.6. The smallest absolute Gasteiger partial charge is 0.180 e. The zero-order valence-corrected chi connectivity index (χ0v) is 36.3. The Labute approximate surface area is 367 Å². The van der Waals surface area contributed by atoms with Gasteiger partial charge in [-0.25, -0.2) is 0 Å². The van der Waals surface area contributed by atoms with Gasteiger partial charge in [0.1, 0.15) is 23.4 Å². The summed E-state index contributed by atoms with van der Waals surface area (Å²) in [6, 6.07) is 7.44. The van der Waals surface area contributed by atoms with Gasteiger partial charge in [-0.05, 0) is 127 Å². The molecule has 2 aliphatic carbocycles. The number of carbonyl (C=O) groups is 6. The van der Waals surface area contributed by atoms with Crippen molar-refractivity contribution in [3.63, 3.8) is 0 Å². The van der Waals surface area contributed by atoms with Crippen LogP contribution in [-0.4, -0.2) is 65.3 Å². The molecule has 4 rings (SSSR count). The third-order valence-electron chi connectivity index (χ3n) is 11.8. The minimum atomic E-state index is -2.05. The highest BCUT2D eigenvalue weighted by Gasteiger charge is 2.58. The molecule has 0 spiro atoms. The number of hydrogen-bond acceptors (Lipinski definition) is 12. The van der Waals surface area contributed by atoms with Gasteiger partial charge < -0.3 is 30.6 Å². The van der Waals surface area contributed by atoms with Crippen molar-refractivity contribution in [2.45, 2.75) is 85.5 Å². The Bertz CT molecular complexity index is 2230. The minimum Gasteiger partial charge on any atom is -0.511 e. The van der Waals surface area contributed by atoms with Gasteiger partial charge in [-0.15, -0.1) is 26.3 Å². The summed E-state index contributed by atoms with van der Waals surface area (Å²) < 4.78 is 0. The van der Waals surface area contributed by atoms with Gasteiger partial charge in [-0.2, -0.15) is 0 Å². The molecular weight excluding hydrogens is 805 g/mol. The third kappa shape index (κ3) is 10.6. The topological polar surface area (TPSA) is 224 Å². The van der Waals surface area contributed by atoms with Crippen molar-refractivity contribution in [3.05, 3.63) is 131 Å². The molecule has 0 aromatic heterocycles. The first-order valence-corrected chi connectivity index (χ1v) is 20.5. The predicted octanol–water partition coefficient (Wildman–Crippen LogP) is 9.32. The Hall–Kier alpha value is -6.82. The molecule has 6 N–H and O–H groups in total. The summed E-state index contributed by atoms with van der Waals surface area (Å²) in [4.78, 5) is 87.2. The predicted molar refractivity (Wildman–Crippen MR) is 240 cm³/mol. The van der Waals surface area contributed by atoms with Crippen LogP contribution >= 0.6 is 0 Å². The van der Waals surface area contributed by atoms with E-state index in [4.69, 9.17) is 0 Å². The lowest BCUT2D eigenvalue weighted by atomic mass is 9.59. The number of phenolic OH excluding ortho intramolecular Hbond substituents is 4. The molecule has 63 heavy (non-hydrogen) atoms. The fourth-order valence-corrected chi connectivity index (χ4v) is 7.98. The quantitative estimate of drug-likeness (QED) is 0.0317. The van der Waals surface area contributed by atoms with E-state index in [1.165, 1.54) is 36.4 Å². The van der Waals surface area contributed by atoms with Gasteiger partial charge >= 0.3 is 0 Å². The van der Waals surface area contributed by atoms with Gasteiger partial charge in [-0.1, -0.05) is 46.6 Å². The largest absolute Gasteiger partial charge is 0.511 e. The summed E-state index contributed by atoms with van der Waals surface area (Å²) in [5.41, 5.74) is -1.88. The molecule has 0 saturated carbocycles. The number of aromatic hydroxyl groups is 4. The normalized spacial score (nSPS) is 18.7. The lowest BCUT2D eigenvalue weighted by molar-refractivity contribution is -0.146. The number of phenols is 4. The van der Waals surface area contributed by atoms with Crippen molar-refractivity contribution >= 4 is 46.9 Å². The zero-order valence-electron chi connectivity index (χ0n) is 36.3. The van der Waals surface area contributed by atoms with Crippen molar-refractivity contribution in [1.82, 2.24) is 0 Å². The molecular formula is C51H56O12. The van der Waals surface area contributed by atoms with E-state index in [2.05, 4.69) is 26.3 Å².